The Morgan fingerprint density at radius 2 is 2.08 bits per heavy atom. The van der Waals surface area contributed by atoms with Gasteiger partial charge in [0.2, 0.25) is 0 Å². The van der Waals surface area contributed by atoms with Gasteiger partial charge in [0.15, 0.2) is 23.2 Å². The van der Waals surface area contributed by atoms with E-state index in [1.54, 1.807) is 0 Å². The first-order valence-electron chi connectivity index (χ1n) is 11.7. The molecule has 0 aliphatic carbocycles. The number of thiazole rings is 1. The molecule has 2 aliphatic heterocycles. The number of thioether (sulfide) groups is 2. The van der Waals surface area contributed by atoms with E-state index in [1.807, 2.05) is 36.0 Å². The first-order valence-corrected chi connectivity index (χ1v) is 14.6. The van der Waals surface area contributed by atoms with Crippen molar-refractivity contribution in [3.63, 3.8) is 0 Å². The maximum Gasteiger partial charge on any atom is 0.352 e. The number of pyridine rings is 1. The van der Waals surface area contributed by atoms with E-state index >= 15 is 0 Å². The molecule has 39 heavy (non-hydrogen) atoms. The number of oxime groups is 1. The second-order valence-electron chi connectivity index (χ2n) is 8.26. The molecular formula is C23H25N6O7S3+. The first-order chi connectivity index (χ1) is 18.7. The molecule has 2 aromatic rings. The molecule has 4 heterocycles. The Kier molecular flexibility index (Phi) is 9.08. The van der Waals surface area contributed by atoms with Gasteiger partial charge in [-0.25, -0.2) is 14.3 Å². The Bertz CT molecular complexity index is 1340. The minimum atomic E-state index is -1.21. The molecule has 16 heteroatoms. The molecule has 2 amide bonds. The van der Waals surface area contributed by atoms with Crippen LogP contribution in [0.25, 0.3) is 0 Å². The number of carbonyl (C=O) groups excluding carboxylic acids is 2. The van der Waals surface area contributed by atoms with Crippen LogP contribution in [-0.4, -0.2) is 79.1 Å². The number of carboxylic acids is 2. The standard InChI is InChI=1S/C23H24N6O7S3/c1-2-28-6-3-13(4-7-28)37-9-12-10-38-21-17(20(33)29(21)18(12)22(34)35)26-19(32)16(14-11-39-23(24)25-14)27-36-8-5-15(30)31/h3-4,6-7,11,17,21H,2,5,8-10H2,1H3,(H4-,24,25,26,30,31,32,34,35)/p+1/b27-16-/t17-,21-/m1/s1. The van der Waals surface area contributed by atoms with Crippen molar-refractivity contribution in [2.24, 2.45) is 5.16 Å². The van der Waals surface area contributed by atoms with E-state index in [2.05, 4.69) is 15.5 Å². The van der Waals surface area contributed by atoms with E-state index in [0.717, 1.165) is 22.8 Å². The molecule has 206 valence electrons. The van der Waals surface area contributed by atoms with Crippen LogP contribution in [0.15, 0.2) is 51.2 Å². The van der Waals surface area contributed by atoms with Crippen molar-refractivity contribution in [2.75, 3.05) is 23.8 Å². The Morgan fingerprint density at radius 1 is 1.33 bits per heavy atom. The van der Waals surface area contributed by atoms with E-state index in [4.69, 9.17) is 15.7 Å². The van der Waals surface area contributed by atoms with Crippen molar-refractivity contribution in [1.29, 1.82) is 0 Å². The van der Waals surface area contributed by atoms with Crippen LogP contribution in [0.1, 0.15) is 19.0 Å². The van der Waals surface area contributed by atoms with Gasteiger partial charge in [0, 0.05) is 33.9 Å². The Balaban J connectivity index is 1.46. The third-order valence-corrected chi connectivity index (χ3v) is 8.83. The highest BCUT2D eigenvalue weighted by molar-refractivity contribution is 8.01. The maximum atomic E-state index is 13.1. The Hall–Kier alpha value is -3.63. The number of hydrogen-bond acceptors (Lipinski definition) is 11. The van der Waals surface area contributed by atoms with Gasteiger partial charge in [0.05, 0.1) is 6.42 Å². The average molecular weight is 594 g/mol. The summed E-state index contributed by atoms with van der Waals surface area (Å²) in [7, 11) is 0. The number of nitrogen functional groups attached to an aromatic ring is 1. The molecule has 1 fully saturated rings. The molecule has 4 rings (SSSR count). The largest absolute Gasteiger partial charge is 0.481 e. The summed E-state index contributed by atoms with van der Waals surface area (Å²) in [6.07, 6.45) is 3.56. The van der Waals surface area contributed by atoms with E-state index in [0.29, 0.717) is 17.1 Å². The summed E-state index contributed by atoms with van der Waals surface area (Å²) in [5, 5.41) is 26.0. The lowest BCUT2D eigenvalue weighted by Gasteiger charge is -2.49. The summed E-state index contributed by atoms with van der Waals surface area (Å²) >= 11 is 3.90. The van der Waals surface area contributed by atoms with Crippen molar-refractivity contribution in [3.8, 4) is 0 Å². The third kappa shape index (κ3) is 6.51. The van der Waals surface area contributed by atoms with Crippen LogP contribution < -0.4 is 15.6 Å². The van der Waals surface area contributed by atoms with E-state index in [-0.39, 0.29) is 35.3 Å². The average Bonchev–Trinajstić information content (AvgIpc) is 3.35. The molecule has 0 bridgehead atoms. The van der Waals surface area contributed by atoms with Crippen LogP contribution in [0.4, 0.5) is 5.13 Å². The van der Waals surface area contributed by atoms with Crippen molar-refractivity contribution >= 4 is 69.5 Å². The van der Waals surface area contributed by atoms with Gasteiger partial charge in [-0.05, 0) is 12.5 Å². The van der Waals surface area contributed by atoms with Gasteiger partial charge in [-0.3, -0.25) is 19.3 Å². The number of aliphatic carboxylic acids is 2. The van der Waals surface area contributed by atoms with E-state index in [1.165, 1.54) is 33.8 Å². The molecule has 13 nitrogen and oxygen atoms in total. The van der Waals surface area contributed by atoms with Crippen LogP contribution in [0, 0.1) is 0 Å². The van der Waals surface area contributed by atoms with Gasteiger partial charge < -0.3 is 26.1 Å². The molecule has 0 aromatic carbocycles. The molecule has 0 spiro atoms. The summed E-state index contributed by atoms with van der Waals surface area (Å²) in [5.74, 6) is -2.89. The summed E-state index contributed by atoms with van der Waals surface area (Å²) in [5.41, 5.74) is 6.03. The number of carboxylic acid groups (broad SMARTS) is 2. The second kappa shape index (κ2) is 12.5. The van der Waals surface area contributed by atoms with Crippen molar-refractivity contribution in [2.45, 2.75) is 36.2 Å². The molecule has 0 radical (unpaired) electrons. The second-order valence-corrected chi connectivity index (χ2v) is 11.3. The van der Waals surface area contributed by atoms with Crippen molar-refractivity contribution in [3.05, 3.63) is 46.9 Å². The SMILES string of the molecule is CC[n+]1ccc(SCC2=C(C(=O)O)N3C(=O)[C@@H](NC(=O)/C(=N\OCCC(=O)O)c4csc(N)n4)[C@H]3SC2)cc1. The molecule has 1 saturated heterocycles. The normalized spacial score (nSPS) is 18.8. The predicted molar refractivity (Wildman–Crippen MR) is 144 cm³/mol. The van der Waals surface area contributed by atoms with Gasteiger partial charge in [-0.15, -0.1) is 34.9 Å². The lowest BCUT2D eigenvalue weighted by Crippen LogP contribution is -2.71. The zero-order chi connectivity index (χ0) is 28.1. The zero-order valence-electron chi connectivity index (χ0n) is 20.6. The molecule has 2 aromatic heterocycles. The summed E-state index contributed by atoms with van der Waals surface area (Å²) in [4.78, 5) is 60.2. The fourth-order valence-corrected chi connectivity index (χ4v) is 6.69. The van der Waals surface area contributed by atoms with Crippen LogP contribution in [0.2, 0.25) is 0 Å². The van der Waals surface area contributed by atoms with Crippen molar-refractivity contribution < 1.29 is 38.8 Å². The van der Waals surface area contributed by atoms with Crippen LogP contribution in [0.3, 0.4) is 0 Å². The summed E-state index contributed by atoms with van der Waals surface area (Å²) in [6, 6.07) is 2.91. The van der Waals surface area contributed by atoms with Gasteiger partial charge in [-0.1, -0.05) is 5.16 Å². The monoisotopic (exact) mass is 593 g/mol. The quantitative estimate of drug-likeness (QED) is 0.0679. The lowest BCUT2D eigenvalue weighted by molar-refractivity contribution is -0.693. The zero-order valence-corrected chi connectivity index (χ0v) is 23.1. The Labute approximate surface area is 235 Å². The fraction of sp³-hybridized carbons (Fsp3) is 0.348. The van der Waals surface area contributed by atoms with Gasteiger partial charge in [0.1, 0.15) is 36.0 Å². The number of rotatable bonds is 12. The lowest BCUT2D eigenvalue weighted by atomic mass is 10.0. The van der Waals surface area contributed by atoms with Crippen LogP contribution in [0.5, 0.6) is 0 Å². The molecule has 2 atom stereocenters. The van der Waals surface area contributed by atoms with Crippen LogP contribution in [-0.2, 0) is 30.6 Å². The number of anilines is 1. The van der Waals surface area contributed by atoms with Crippen LogP contribution >= 0.6 is 34.9 Å². The van der Waals surface area contributed by atoms with Crippen molar-refractivity contribution in [1.82, 2.24) is 15.2 Å². The smallest absolute Gasteiger partial charge is 0.352 e. The van der Waals surface area contributed by atoms with Gasteiger partial charge >= 0.3 is 11.9 Å². The highest BCUT2D eigenvalue weighted by Crippen LogP contribution is 2.41. The highest BCUT2D eigenvalue weighted by Gasteiger charge is 2.54. The third-order valence-electron chi connectivity index (χ3n) is 5.72. The fourth-order valence-electron chi connectivity index (χ4n) is 3.77. The Morgan fingerprint density at radius 3 is 2.69 bits per heavy atom. The summed E-state index contributed by atoms with van der Waals surface area (Å²) < 4.78 is 2.02. The topological polar surface area (TPSA) is 188 Å². The number of aryl methyl sites for hydroxylation is 1. The number of nitrogens with one attached hydrogen (secondary N) is 1. The molecular weight excluding hydrogens is 568 g/mol. The maximum absolute atomic E-state index is 13.1. The van der Waals surface area contributed by atoms with Gasteiger partial charge in [0.25, 0.3) is 11.8 Å². The number of nitrogens with zero attached hydrogens (tertiary/aromatic N) is 4. The molecule has 5 N–H and O–H groups in total. The molecule has 0 unspecified atom stereocenters. The number of β-lactam (4-membered cyclic amide) rings is 1. The molecule has 0 saturated carbocycles. The van der Waals surface area contributed by atoms with E-state index in [9.17, 15) is 24.3 Å². The minimum absolute atomic E-state index is 0.0699. The highest BCUT2D eigenvalue weighted by atomic mass is 32.2. The number of nitrogens with two attached hydrogens (primary N) is 1. The molecule has 2 aliphatic rings. The van der Waals surface area contributed by atoms with E-state index < -0.39 is 35.2 Å². The first kappa shape index (κ1) is 28.4. The summed E-state index contributed by atoms with van der Waals surface area (Å²) in [6.45, 7) is 2.59. The number of hydrogen-bond donors (Lipinski definition) is 4. The number of aromatic nitrogens is 2. The predicted octanol–water partition coefficient (Wildman–Crippen LogP) is 0.759. The van der Waals surface area contributed by atoms with Gasteiger partial charge in [-0.2, -0.15) is 0 Å². The minimum Gasteiger partial charge on any atom is -0.481 e. The number of fused-ring (bicyclic) bond motifs is 1. The number of amides is 2. The number of carbonyl (C=O) groups is 4.